The first-order valence-electron chi connectivity index (χ1n) is 5.02. The van der Waals surface area contributed by atoms with Crippen LogP contribution >= 0.6 is 15.9 Å². The standard InChI is InChI=1S/C13H9BrN2/c14-11-5-1-3-9-7-12(16-13(9)11)10-4-2-6-15-8-10/h1-8,16H. The number of aromatic nitrogens is 2. The molecule has 0 amide bonds. The number of aromatic amines is 1. The molecule has 0 bridgehead atoms. The van der Waals surface area contributed by atoms with E-state index in [1.54, 1.807) is 6.20 Å². The molecule has 2 heterocycles. The number of para-hydroxylation sites is 1. The lowest BCUT2D eigenvalue weighted by Crippen LogP contribution is -1.77. The third-order valence-electron chi connectivity index (χ3n) is 2.58. The van der Waals surface area contributed by atoms with Crippen molar-refractivity contribution in [3.05, 3.63) is 53.3 Å². The number of halogens is 1. The highest BCUT2D eigenvalue weighted by atomic mass is 79.9. The van der Waals surface area contributed by atoms with Crippen molar-refractivity contribution >= 4 is 26.8 Å². The molecule has 1 aromatic carbocycles. The number of hydrogen-bond donors (Lipinski definition) is 1. The molecule has 1 N–H and O–H groups in total. The topological polar surface area (TPSA) is 28.7 Å². The lowest BCUT2D eigenvalue weighted by molar-refractivity contribution is 1.31. The minimum absolute atomic E-state index is 1.08. The van der Waals surface area contributed by atoms with Gasteiger partial charge in [-0.15, -0.1) is 0 Å². The zero-order valence-electron chi connectivity index (χ0n) is 8.44. The molecular weight excluding hydrogens is 264 g/mol. The second-order valence-corrected chi connectivity index (χ2v) is 4.48. The maximum absolute atomic E-state index is 4.12. The van der Waals surface area contributed by atoms with E-state index in [-0.39, 0.29) is 0 Å². The summed E-state index contributed by atoms with van der Waals surface area (Å²) in [6.45, 7) is 0. The van der Waals surface area contributed by atoms with Gasteiger partial charge in [0.05, 0.1) is 5.52 Å². The number of rotatable bonds is 1. The molecule has 0 atom stereocenters. The van der Waals surface area contributed by atoms with Crippen molar-refractivity contribution in [1.29, 1.82) is 0 Å². The van der Waals surface area contributed by atoms with Crippen LogP contribution in [0.15, 0.2) is 53.3 Å². The van der Waals surface area contributed by atoms with Crippen molar-refractivity contribution in [1.82, 2.24) is 9.97 Å². The summed E-state index contributed by atoms with van der Waals surface area (Å²) in [6.07, 6.45) is 3.64. The second-order valence-electron chi connectivity index (χ2n) is 3.63. The van der Waals surface area contributed by atoms with E-state index in [4.69, 9.17) is 0 Å². The molecule has 0 aliphatic rings. The Bertz CT molecular complexity index is 629. The van der Waals surface area contributed by atoms with E-state index < -0.39 is 0 Å². The maximum Gasteiger partial charge on any atom is 0.0603 e. The number of nitrogens with zero attached hydrogens (tertiary/aromatic N) is 1. The molecule has 0 fully saturated rings. The van der Waals surface area contributed by atoms with E-state index in [2.05, 4.69) is 38.0 Å². The Labute approximate surface area is 101 Å². The van der Waals surface area contributed by atoms with Gasteiger partial charge in [0.25, 0.3) is 0 Å². The van der Waals surface area contributed by atoms with E-state index in [1.165, 1.54) is 5.39 Å². The summed E-state index contributed by atoms with van der Waals surface area (Å²) in [6, 6.07) is 12.3. The van der Waals surface area contributed by atoms with Crippen LogP contribution in [0.1, 0.15) is 0 Å². The SMILES string of the molecule is Brc1cccc2cc(-c3cccnc3)[nH]c12. The first kappa shape index (κ1) is 9.60. The van der Waals surface area contributed by atoms with Crippen LogP contribution in [-0.4, -0.2) is 9.97 Å². The molecule has 0 aliphatic heterocycles. The van der Waals surface area contributed by atoms with Crippen LogP contribution in [-0.2, 0) is 0 Å². The fraction of sp³-hybridized carbons (Fsp3) is 0. The minimum Gasteiger partial charge on any atom is -0.354 e. The highest BCUT2D eigenvalue weighted by Crippen LogP contribution is 2.28. The van der Waals surface area contributed by atoms with Gasteiger partial charge >= 0.3 is 0 Å². The van der Waals surface area contributed by atoms with Crippen molar-refractivity contribution in [3.8, 4) is 11.3 Å². The number of nitrogens with one attached hydrogen (secondary N) is 1. The molecule has 3 rings (SSSR count). The summed E-state index contributed by atoms with van der Waals surface area (Å²) in [7, 11) is 0. The monoisotopic (exact) mass is 272 g/mol. The Balaban J connectivity index is 2.23. The van der Waals surface area contributed by atoms with Gasteiger partial charge in [-0.05, 0) is 40.2 Å². The van der Waals surface area contributed by atoms with Gasteiger partial charge in [-0.2, -0.15) is 0 Å². The van der Waals surface area contributed by atoms with Crippen LogP contribution in [0.4, 0.5) is 0 Å². The Morgan fingerprint density at radius 3 is 2.81 bits per heavy atom. The molecule has 3 heteroatoms. The van der Waals surface area contributed by atoms with Crippen LogP contribution in [0, 0.1) is 0 Å². The van der Waals surface area contributed by atoms with Crippen molar-refractivity contribution in [3.63, 3.8) is 0 Å². The number of fused-ring (bicyclic) bond motifs is 1. The first-order chi connectivity index (χ1) is 7.84. The first-order valence-corrected chi connectivity index (χ1v) is 5.81. The van der Waals surface area contributed by atoms with Gasteiger partial charge in [0, 0.05) is 33.5 Å². The Hall–Kier alpha value is -1.61. The van der Waals surface area contributed by atoms with Crippen molar-refractivity contribution in [2.45, 2.75) is 0 Å². The van der Waals surface area contributed by atoms with Gasteiger partial charge in [0.2, 0.25) is 0 Å². The molecule has 0 unspecified atom stereocenters. The Morgan fingerprint density at radius 2 is 2.06 bits per heavy atom. The van der Waals surface area contributed by atoms with Gasteiger partial charge in [0.1, 0.15) is 0 Å². The van der Waals surface area contributed by atoms with Crippen LogP contribution in [0.5, 0.6) is 0 Å². The molecule has 78 valence electrons. The molecule has 0 aliphatic carbocycles. The third kappa shape index (κ3) is 1.53. The van der Waals surface area contributed by atoms with E-state index >= 15 is 0 Å². The Kier molecular flexibility index (Phi) is 2.26. The number of benzene rings is 1. The predicted octanol–water partition coefficient (Wildman–Crippen LogP) is 3.99. The smallest absolute Gasteiger partial charge is 0.0603 e. The molecule has 2 aromatic heterocycles. The molecule has 16 heavy (non-hydrogen) atoms. The Morgan fingerprint density at radius 1 is 1.12 bits per heavy atom. The van der Waals surface area contributed by atoms with Crippen LogP contribution in [0.3, 0.4) is 0 Å². The van der Waals surface area contributed by atoms with Gasteiger partial charge in [-0.1, -0.05) is 12.1 Å². The van der Waals surface area contributed by atoms with Gasteiger partial charge in [-0.3, -0.25) is 4.98 Å². The zero-order chi connectivity index (χ0) is 11.0. The third-order valence-corrected chi connectivity index (χ3v) is 3.24. The van der Waals surface area contributed by atoms with Crippen LogP contribution in [0.25, 0.3) is 22.2 Å². The number of pyridine rings is 1. The van der Waals surface area contributed by atoms with Crippen LogP contribution < -0.4 is 0 Å². The quantitative estimate of drug-likeness (QED) is 0.713. The van der Waals surface area contributed by atoms with Crippen molar-refractivity contribution in [2.75, 3.05) is 0 Å². The fourth-order valence-corrected chi connectivity index (χ4v) is 2.28. The number of hydrogen-bond acceptors (Lipinski definition) is 1. The summed E-state index contributed by atoms with van der Waals surface area (Å²) in [5.74, 6) is 0. The fourth-order valence-electron chi connectivity index (χ4n) is 1.80. The molecule has 0 saturated heterocycles. The highest BCUT2D eigenvalue weighted by molar-refractivity contribution is 9.10. The molecule has 2 nitrogen and oxygen atoms in total. The van der Waals surface area contributed by atoms with Crippen molar-refractivity contribution in [2.24, 2.45) is 0 Å². The van der Waals surface area contributed by atoms with E-state index in [1.807, 2.05) is 30.5 Å². The lowest BCUT2D eigenvalue weighted by atomic mass is 10.2. The summed E-state index contributed by atoms with van der Waals surface area (Å²) in [4.78, 5) is 7.52. The normalized spacial score (nSPS) is 10.8. The average molecular weight is 273 g/mol. The zero-order valence-corrected chi connectivity index (χ0v) is 10.0. The number of H-pyrrole nitrogens is 1. The second kappa shape index (κ2) is 3.76. The summed E-state index contributed by atoms with van der Waals surface area (Å²) < 4.78 is 1.08. The predicted molar refractivity (Wildman–Crippen MR) is 69.2 cm³/mol. The molecule has 0 spiro atoms. The molecule has 0 radical (unpaired) electrons. The molecule has 3 aromatic rings. The van der Waals surface area contributed by atoms with E-state index in [9.17, 15) is 0 Å². The van der Waals surface area contributed by atoms with E-state index in [0.717, 1.165) is 21.2 Å². The lowest BCUT2D eigenvalue weighted by Gasteiger charge is -1.95. The summed E-state index contributed by atoms with van der Waals surface area (Å²) >= 11 is 3.54. The summed E-state index contributed by atoms with van der Waals surface area (Å²) in [5.41, 5.74) is 3.32. The molecular formula is C13H9BrN2. The average Bonchev–Trinajstić information content (AvgIpc) is 2.76. The largest absolute Gasteiger partial charge is 0.354 e. The van der Waals surface area contributed by atoms with Gasteiger partial charge in [-0.25, -0.2) is 0 Å². The van der Waals surface area contributed by atoms with Crippen molar-refractivity contribution < 1.29 is 0 Å². The summed E-state index contributed by atoms with van der Waals surface area (Å²) in [5, 5.41) is 1.20. The van der Waals surface area contributed by atoms with E-state index in [0.29, 0.717) is 0 Å². The maximum atomic E-state index is 4.12. The van der Waals surface area contributed by atoms with Crippen LogP contribution in [0.2, 0.25) is 0 Å². The van der Waals surface area contributed by atoms with Gasteiger partial charge < -0.3 is 4.98 Å². The highest BCUT2D eigenvalue weighted by Gasteiger charge is 2.04. The molecule has 0 saturated carbocycles. The van der Waals surface area contributed by atoms with Gasteiger partial charge in [0.15, 0.2) is 0 Å². The minimum atomic E-state index is 1.08.